The molecule has 0 unspecified atom stereocenters. The predicted octanol–water partition coefficient (Wildman–Crippen LogP) is 0.257. The molecular weight excluding hydrogens is 254 g/mol. The highest BCUT2D eigenvalue weighted by molar-refractivity contribution is 5.68. The molecular formula is C10H9N5O4. The number of tetrazole rings is 1. The summed E-state index contributed by atoms with van der Waals surface area (Å²) >= 11 is 0. The van der Waals surface area contributed by atoms with Gasteiger partial charge in [0.05, 0.1) is 11.5 Å². The number of carboxylic acids is 1. The molecule has 0 aliphatic rings. The minimum atomic E-state index is -1.03. The molecule has 0 spiro atoms. The Morgan fingerprint density at radius 2 is 2.05 bits per heavy atom. The second kappa shape index (κ2) is 5.21. The van der Waals surface area contributed by atoms with Crippen molar-refractivity contribution in [2.45, 2.75) is 13.0 Å². The van der Waals surface area contributed by atoms with Crippen LogP contribution in [0.1, 0.15) is 11.4 Å². The van der Waals surface area contributed by atoms with Crippen molar-refractivity contribution < 1.29 is 14.8 Å². The lowest BCUT2D eigenvalue weighted by Gasteiger charge is -2.03. The van der Waals surface area contributed by atoms with Crippen LogP contribution in [-0.2, 0) is 17.8 Å². The van der Waals surface area contributed by atoms with E-state index in [1.165, 1.54) is 16.8 Å². The summed E-state index contributed by atoms with van der Waals surface area (Å²) in [7, 11) is 0. The number of rotatable bonds is 5. The van der Waals surface area contributed by atoms with Crippen molar-refractivity contribution in [3.8, 4) is 0 Å². The average molecular weight is 263 g/mol. The quantitative estimate of drug-likeness (QED) is 0.605. The molecule has 9 nitrogen and oxygen atoms in total. The zero-order chi connectivity index (χ0) is 13.8. The average Bonchev–Trinajstić information content (AvgIpc) is 2.76. The topological polar surface area (TPSA) is 124 Å². The van der Waals surface area contributed by atoms with Crippen LogP contribution in [0.15, 0.2) is 24.3 Å². The second-order valence-corrected chi connectivity index (χ2v) is 3.75. The van der Waals surface area contributed by atoms with Crippen LogP contribution in [0.25, 0.3) is 0 Å². The molecule has 1 heterocycles. The van der Waals surface area contributed by atoms with Crippen LogP contribution in [0.5, 0.6) is 0 Å². The first-order valence-electron chi connectivity index (χ1n) is 5.26. The SMILES string of the molecule is O=C(O)Cc1nnnn1Cc1ccc([N+](=O)[O-])cc1. The fraction of sp³-hybridized carbons (Fsp3) is 0.200. The van der Waals surface area contributed by atoms with E-state index in [0.717, 1.165) is 5.56 Å². The highest BCUT2D eigenvalue weighted by Gasteiger charge is 2.11. The summed E-state index contributed by atoms with van der Waals surface area (Å²) in [6.07, 6.45) is -0.278. The van der Waals surface area contributed by atoms with E-state index in [-0.39, 0.29) is 24.5 Å². The zero-order valence-corrected chi connectivity index (χ0v) is 9.63. The number of hydrogen-bond acceptors (Lipinski definition) is 6. The molecule has 1 aromatic carbocycles. The van der Waals surface area contributed by atoms with Crippen LogP contribution in [0.2, 0.25) is 0 Å². The molecule has 0 amide bonds. The van der Waals surface area contributed by atoms with Gasteiger partial charge in [0.25, 0.3) is 5.69 Å². The Labute approximate surface area is 106 Å². The first-order valence-corrected chi connectivity index (χ1v) is 5.26. The summed E-state index contributed by atoms with van der Waals surface area (Å²) < 4.78 is 1.34. The molecule has 19 heavy (non-hydrogen) atoms. The summed E-state index contributed by atoms with van der Waals surface area (Å²) in [5.74, 6) is -0.800. The van der Waals surface area contributed by atoms with Crippen LogP contribution in [-0.4, -0.2) is 36.2 Å². The molecule has 2 aromatic rings. The molecule has 1 aromatic heterocycles. The molecule has 0 aliphatic carbocycles. The first-order chi connectivity index (χ1) is 9.06. The number of non-ortho nitro benzene ring substituents is 1. The van der Waals surface area contributed by atoms with Crippen molar-refractivity contribution in [1.82, 2.24) is 20.2 Å². The fourth-order valence-corrected chi connectivity index (χ4v) is 1.50. The number of benzene rings is 1. The molecule has 1 N–H and O–H groups in total. The number of carbonyl (C=O) groups is 1. The Morgan fingerprint density at radius 3 is 2.63 bits per heavy atom. The van der Waals surface area contributed by atoms with Gasteiger partial charge in [-0.15, -0.1) is 5.10 Å². The molecule has 0 saturated carbocycles. The van der Waals surface area contributed by atoms with E-state index in [1.807, 2.05) is 0 Å². The summed E-state index contributed by atoms with van der Waals surface area (Å²) in [5.41, 5.74) is 0.732. The molecule has 0 bridgehead atoms. The fourth-order valence-electron chi connectivity index (χ4n) is 1.50. The summed E-state index contributed by atoms with van der Waals surface area (Å²) in [4.78, 5) is 20.6. The number of hydrogen-bond donors (Lipinski definition) is 1. The van der Waals surface area contributed by atoms with Gasteiger partial charge in [-0.05, 0) is 16.0 Å². The van der Waals surface area contributed by atoms with Crippen LogP contribution < -0.4 is 0 Å². The van der Waals surface area contributed by atoms with Crippen molar-refractivity contribution in [2.75, 3.05) is 0 Å². The monoisotopic (exact) mass is 263 g/mol. The van der Waals surface area contributed by atoms with Crippen molar-refractivity contribution in [1.29, 1.82) is 0 Å². The van der Waals surface area contributed by atoms with Gasteiger partial charge in [-0.25, -0.2) is 4.68 Å². The Balaban J connectivity index is 2.15. The van der Waals surface area contributed by atoms with Crippen molar-refractivity contribution >= 4 is 11.7 Å². The molecule has 0 atom stereocenters. The maximum atomic E-state index is 10.6. The van der Waals surface area contributed by atoms with Gasteiger partial charge in [-0.2, -0.15) is 0 Å². The van der Waals surface area contributed by atoms with Gasteiger partial charge >= 0.3 is 5.97 Å². The van der Waals surface area contributed by atoms with Crippen molar-refractivity contribution in [2.24, 2.45) is 0 Å². The number of nitro benzene ring substituents is 1. The van der Waals surface area contributed by atoms with E-state index >= 15 is 0 Å². The normalized spacial score (nSPS) is 10.3. The molecule has 98 valence electrons. The van der Waals surface area contributed by atoms with Crippen LogP contribution in [0.4, 0.5) is 5.69 Å². The number of carboxylic acid groups (broad SMARTS) is 1. The molecule has 0 fully saturated rings. The number of nitro groups is 1. The van der Waals surface area contributed by atoms with Gasteiger partial charge in [-0.3, -0.25) is 14.9 Å². The maximum Gasteiger partial charge on any atom is 0.311 e. The van der Waals surface area contributed by atoms with Crippen molar-refractivity contribution in [3.05, 3.63) is 45.8 Å². The first kappa shape index (κ1) is 12.6. The van der Waals surface area contributed by atoms with Crippen LogP contribution >= 0.6 is 0 Å². The van der Waals surface area contributed by atoms with Gasteiger partial charge in [-0.1, -0.05) is 12.1 Å². The Bertz CT molecular complexity index is 607. The molecule has 0 saturated heterocycles. The largest absolute Gasteiger partial charge is 0.481 e. The van der Waals surface area contributed by atoms with E-state index in [9.17, 15) is 14.9 Å². The van der Waals surface area contributed by atoms with E-state index in [1.54, 1.807) is 12.1 Å². The second-order valence-electron chi connectivity index (χ2n) is 3.75. The minimum Gasteiger partial charge on any atom is -0.481 e. The lowest BCUT2D eigenvalue weighted by molar-refractivity contribution is -0.384. The maximum absolute atomic E-state index is 10.6. The van der Waals surface area contributed by atoms with Gasteiger partial charge in [0, 0.05) is 12.1 Å². The van der Waals surface area contributed by atoms with E-state index < -0.39 is 10.9 Å². The highest BCUT2D eigenvalue weighted by atomic mass is 16.6. The van der Waals surface area contributed by atoms with Gasteiger partial charge in [0.1, 0.15) is 6.42 Å². The lowest BCUT2D eigenvalue weighted by atomic mass is 10.2. The third-order valence-electron chi connectivity index (χ3n) is 2.39. The van der Waals surface area contributed by atoms with Gasteiger partial charge < -0.3 is 5.11 Å². The summed E-state index contributed by atoms with van der Waals surface area (Å²) in [6, 6.07) is 5.89. The summed E-state index contributed by atoms with van der Waals surface area (Å²) in [6.45, 7) is 0.258. The van der Waals surface area contributed by atoms with E-state index in [0.29, 0.717) is 0 Å². The molecule has 9 heteroatoms. The predicted molar refractivity (Wildman–Crippen MR) is 61.4 cm³/mol. The number of aliphatic carboxylic acids is 1. The highest BCUT2D eigenvalue weighted by Crippen LogP contribution is 2.12. The Morgan fingerprint density at radius 1 is 1.37 bits per heavy atom. The van der Waals surface area contributed by atoms with Crippen LogP contribution in [0, 0.1) is 10.1 Å². The zero-order valence-electron chi connectivity index (χ0n) is 9.63. The van der Waals surface area contributed by atoms with E-state index in [2.05, 4.69) is 15.5 Å². The molecule has 2 rings (SSSR count). The third kappa shape index (κ3) is 3.09. The Hall–Kier alpha value is -2.84. The van der Waals surface area contributed by atoms with Crippen molar-refractivity contribution in [3.63, 3.8) is 0 Å². The standard InChI is InChI=1S/C10H9N5O4/c16-10(17)5-9-11-12-13-14(9)6-7-1-3-8(4-2-7)15(18)19/h1-4H,5-6H2,(H,16,17). The van der Waals surface area contributed by atoms with Gasteiger partial charge in [0.15, 0.2) is 5.82 Å². The Kier molecular flexibility index (Phi) is 3.46. The van der Waals surface area contributed by atoms with Crippen LogP contribution in [0.3, 0.4) is 0 Å². The number of aromatic nitrogens is 4. The third-order valence-corrected chi connectivity index (χ3v) is 2.39. The lowest BCUT2D eigenvalue weighted by Crippen LogP contribution is -2.11. The summed E-state index contributed by atoms with van der Waals surface area (Å²) in [5, 5.41) is 29.9. The van der Waals surface area contributed by atoms with Gasteiger partial charge in [0.2, 0.25) is 0 Å². The smallest absolute Gasteiger partial charge is 0.311 e. The molecule has 0 radical (unpaired) electrons. The van der Waals surface area contributed by atoms with E-state index in [4.69, 9.17) is 5.11 Å². The molecule has 0 aliphatic heterocycles. The minimum absolute atomic E-state index is 0.00813. The number of nitrogens with zero attached hydrogens (tertiary/aromatic N) is 5.